The fraction of sp³-hybridized carbons (Fsp3) is 0.269. The summed E-state index contributed by atoms with van der Waals surface area (Å²) < 4.78 is 13.5. The van der Waals surface area contributed by atoms with E-state index in [4.69, 9.17) is 9.47 Å². The molecule has 1 saturated heterocycles. The molecule has 6 heteroatoms. The van der Waals surface area contributed by atoms with Crippen LogP contribution in [0.1, 0.15) is 16.9 Å². The fourth-order valence-corrected chi connectivity index (χ4v) is 4.57. The molecular formula is C26H26N2O4. The molecular weight excluding hydrogens is 404 g/mol. The van der Waals surface area contributed by atoms with Crippen LogP contribution in [0.2, 0.25) is 0 Å². The van der Waals surface area contributed by atoms with Gasteiger partial charge in [0.25, 0.3) is 0 Å². The molecule has 1 aromatic heterocycles. The predicted octanol–water partition coefficient (Wildman–Crippen LogP) is 4.80. The zero-order valence-corrected chi connectivity index (χ0v) is 17.9. The third-order valence-electron chi connectivity index (χ3n) is 6.01. The van der Waals surface area contributed by atoms with Crippen LogP contribution in [0.4, 0.5) is 5.69 Å². The average Bonchev–Trinajstić information content (AvgIpc) is 3.17. The Morgan fingerprint density at radius 3 is 2.47 bits per heavy atom. The average molecular weight is 431 g/mol. The molecule has 1 fully saturated rings. The second kappa shape index (κ2) is 8.93. The van der Waals surface area contributed by atoms with Crippen LogP contribution in [0.15, 0.2) is 66.7 Å². The van der Waals surface area contributed by atoms with Gasteiger partial charge in [-0.2, -0.15) is 0 Å². The molecule has 0 radical (unpaired) electrons. The monoisotopic (exact) mass is 430 g/mol. The Kier molecular flexibility index (Phi) is 5.69. The minimum absolute atomic E-state index is 0.346. The number of nitrogens with zero attached hydrogens (tertiary/aromatic N) is 2. The van der Waals surface area contributed by atoms with Gasteiger partial charge in [-0.3, -0.25) is 0 Å². The van der Waals surface area contributed by atoms with Gasteiger partial charge < -0.3 is 24.0 Å². The molecule has 1 N–H and O–H groups in total. The Labute approximate surface area is 186 Å². The summed E-state index contributed by atoms with van der Waals surface area (Å²) >= 11 is 0. The first kappa shape index (κ1) is 20.4. The lowest BCUT2D eigenvalue weighted by Gasteiger charge is -2.29. The first-order valence-corrected chi connectivity index (χ1v) is 11.0. The first-order chi connectivity index (χ1) is 15.7. The largest absolute Gasteiger partial charge is 0.493 e. The molecule has 2 heterocycles. The highest BCUT2D eigenvalue weighted by Crippen LogP contribution is 2.35. The zero-order chi connectivity index (χ0) is 21.9. The SMILES string of the molecule is O=C(O)c1c(N2CCOCC2)c2ccccc2n1CCCOc1cccc2ccccc12. The van der Waals surface area contributed by atoms with Crippen molar-refractivity contribution in [1.82, 2.24) is 4.57 Å². The lowest BCUT2D eigenvalue weighted by Crippen LogP contribution is -2.37. The van der Waals surface area contributed by atoms with Crippen molar-refractivity contribution in [1.29, 1.82) is 0 Å². The van der Waals surface area contributed by atoms with Gasteiger partial charge in [-0.05, 0) is 23.9 Å². The van der Waals surface area contributed by atoms with Crippen molar-refractivity contribution in [3.8, 4) is 5.75 Å². The molecule has 0 spiro atoms. The third kappa shape index (κ3) is 3.78. The minimum atomic E-state index is -0.905. The van der Waals surface area contributed by atoms with Crippen LogP contribution < -0.4 is 9.64 Å². The quantitative estimate of drug-likeness (QED) is 0.427. The molecule has 0 bridgehead atoms. The Morgan fingerprint density at radius 2 is 1.66 bits per heavy atom. The van der Waals surface area contributed by atoms with Crippen LogP contribution in [0.5, 0.6) is 5.75 Å². The number of aromatic nitrogens is 1. The number of hydrogen-bond acceptors (Lipinski definition) is 4. The van der Waals surface area contributed by atoms with Crippen LogP contribution >= 0.6 is 0 Å². The molecule has 0 amide bonds. The Morgan fingerprint density at radius 1 is 0.938 bits per heavy atom. The summed E-state index contributed by atoms with van der Waals surface area (Å²) in [7, 11) is 0. The molecule has 3 aromatic carbocycles. The summed E-state index contributed by atoms with van der Waals surface area (Å²) in [6.45, 7) is 3.68. The van der Waals surface area contributed by atoms with Crippen molar-refractivity contribution < 1.29 is 19.4 Å². The molecule has 0 saturated carbocycles. The van der Waals surface area contributed by atoms with E-state index >= 15 is 0 Å². The molecule has 1 aliphatic heterocycles. The van der Waals surface area contributed by atoms with Crippen LogP contribution in [0.25, 0.3) is 21.7 Å². The molecule has 6 nitrogen and oxygen atoms in total. The number of hydrogen-bond donors (Lipinski definition) is 1. The standard InChI is InChI=1S/C26H26N2O4/c29-26(30)25-24(27-14-17-31-18-15-27)21-10-3-4-11-22(21)28(25)13-6-16-32-23-12-5-8-19-7-1-2-9-20(19)23/h1-5,7-12H,6,13-18H2,(H,29,30). The van der Waals surface area contributed by atoms with E-state index in [2.05, 4.69) is 23.1 Å². The predicted molar refractivity (Wildman–Crippen MR) is 126 cm³/mol. The molecule has 1 aliphatic rings. The molecule has 164 valence electrons. The van der Waals surface area contributed by atoms with Gasteiger partial charge in [-0.25, -0.2) is 4.79 Å². The van der Waals surface area contributed by atoms with E-state index in [1.54, 1.807) is 0 Å². The van der Waals surface area contributed by atoms with Crippen molar-refractivity contribution in [2.45, 2.75) is 13.0 Å². The molecule has 0 unspecified atom stereocenters. The number of benzene rings is 3. The van der Waals surface area contributed by atoms with E-state index in [-0.39, 0.29) is 0 Å². The minimum Gasteiger partial charge on any atom is -0.493 e. The molecule has 5 rings (SSSR count). The lowest BCUT2D eigenvalue weighted by atomic mass is 10.1. The maximum absolute atomic E-state index is 12.3. The molecule has 32 heavy (non-hydrogen) atoms. The number of carboxylic acid groups (broad SMARTS) is 1. The normalized spacial score (nSPS) is 14.2. The van der Waals surface area contributed by atoms with Crippen LogP contribution in [0, 0.1) is 0 Å². The van der Waals surface area contributed by atoms with Gasteiger partial charge in [0.05, 0.1) is 31.0 Å². The Balaban J connectivity index is 1.40. The third-order valence-corrected chi connectivity index (χ3v) is 6.01. The van der Waals surface area contributed by atoms with Gasteiger partial charge >= 0.3 is 5.97 Å². The van der Waals surface area contributed by atoms with E-state index in [1.807, 2.05) is 53.1 Å². The number of aromatic carboxylic acids is 1. The van der Waals surface area contributed by atoms with Crippen molar-refractivity contribution in [2.75, 3.05) is 37.8 Å². The van der Waals surface area contributed by atoms with E-state index in [1.165, 1.54) is 0 Å². The summed E-state index contributed by atoms with van der Waals surface area (Å²) in [6.07, 6.45) is 0.699. The number of ether oxygens (including phenoxy) is 2. The van der Waals surface area contributed by atoms with E-state index in [9.17, 15) is 9.90 Å². The van der Waals surface area contributed by atoms with Crippen LogP contribution in [0.3, 0.4) is 0 Å². The van der Waals surface area contributed by atoms with Gasteiger partial charge in [-0.1, -0.05) is 54.6 Å². The zero-order valence-electron chi connectivity index (χ0n) is 17.9. The van der Waals surface area contributed by atoms with Crippen LogP contribution in [-0.2, 0) is 11.3 Å². The fourth-order valence-electron chi connectivity index (χ4n) is 4.57. The number of carbonyl (C=O) groups is 1. The number of morpholine rings is 1. The summed E-state index contributed by atoms with van der Waals surface area (Å²) in [6, 6.07) is 22.1. The molecule has 0 aliphatic carbocycles. The van der Waals surface area contributed by atoms with Crippen molar-refractivity contribution in [3.05, 3.63) is 72.4 Å². The second-order valence-electron chi connectivity index (χ2n) is 7.95. The number of fused-ring (bicyclic) bond motifs is 2. The molecule has 0 atom stereocenters. The Hall–Kier alpha value is -3.51. The van der Waals surface area contributed by atoms with Crippen molar-refractivity contribution in [2.24, 2.45) is 0 Å². The topological polar surface area (TPSA) is 63.9 Å². The van der Waals surface area contributed by atoms with Gasteiger partial charge in [0.1, 0.15) is 5.75 Å². The van der Waals surface area contributed by atoms with Gasteiger partial charge in [-0.15, -0.1) is 0 Å². The van der Waals surface area contributed by atoms with E-state index in [0.717, 1.165) is 33.1 Å². The van der Waals surface area contributed by atoms with E-state index < -0.39 is 5.97 Å². The maximum atomic E-state index is 12.3. The van der Waals surface area contributed by atoms with Crippen LogP contribution in [-0.4, -0.2) is 48.6 Å². The van der Waals surface area contributed by atoms with Crippen molar-refractivity contribution >= 4 is 33.3 Å². The highest BCUT2D eigenvalue weighted by Gasteiger charge is 2.27. The maximum Gasteiger partial charge on any atom is 0.354 e. The number of para-hydroxylation sites is 1. The molecule has 4 aromatic rings. The second-order valence-corrected chi connectivity index (χ2v) is 7.95. The Bertz CT molecular complexity index is 1250. The number of carboxylic acids is 1. The lowest BCUT2D eigenvalue weighted by molar-refractivity contribution is 0.0684. The van der Waals surface area contributed by atoms with E-state index in [0.29, 0.717) is 51.6 Å². The number of aryl methyl sites for hydroxylation is 1. The van der Waals surface area contributed by atoms with Gasteiger partial charge in [0.2, 0.25) is 0 Å². The highest BCUT2D eigenvalue weighted by atomic mass is 16.5. The summed E-state index contributed by atoms with van der Waals surface area (Å²) in [5.74, 6) is -0.0504. The first-order valence-electron chi connectivity index (χ1n) is 11.0. The highest BCUT2D eigenvalue weighted by molar-refractivity contribution is 6.06. The summed E-state index contributed by atoms with van der Waals surface area (Å²) in [4.78, 5) is 14.5. The smallest absolute Gasteiger partial charge is 0.354 e. The van der Waals surface area contributed by atoms with Crippen molar-refractivity contribution in [3.63, 3.8) is 0 Å². The van der Waals surface area contributed by atoms with Gasteiger partial charge in [0, 0.05) is 30.4 Å². The van der Waals surface area contributed by atoms with Gasteiger partial charge in [0.15, 0.2) is 5.69 Å². The number of anilines is 1. The number of rotatable bonds is 7. The summed E-state index contributed by atoms with van der Waals surface area (Å²) in [5, 5.41) is 13.3. The summed E-state index contributed by atoms with van der Waals surface area (Å²) in [5.41, 5.74) is 2.08.